The van der Waals surface area contributed by atoms with Crippen molar-refractivity contribution in [1.82, 2.24) is 10.2 Å². The number of halogens is 1. The Hall–Kier alpha value is -1.46. The van der Waals surface area contributed by atoms with Crippen LogP contribution in [0.5, 0.6) is 5.75 Å². The molecule has 0 aliphatic carbocycles. The van der Waals surface area contributed by atoms with Gasteiger partial charge in [-0.05, 0) is 38.1 Å². The summed E-state index contributed by atoms with van der Waals surface area (Å²) in [5.41, 5.74) is 0. The Morgan fingerprint density at radius 3 is 2.65 bits per heavy atom. The minimum Gasteiger partial charge on any atom is -0.489 e. The highest BCUT2D eigenvalue weighted by atomic mass is 35.5. The van der Waals surface area contributed by atoms with Gasteiger partial charge in [-0.2, -0.15) is 0 Å². The number of ether oxygens (including phenoxy) is 1. The predicted molar refractivity (Wildman–Crippen MR) is 79.3 cm³/mol. The smallest absolute Gasteiger partial charge is 0.317 e. The van der Waals surface area contributed by atoms with E-state index in [2.05, 4.69) is 5.32 Å². The largest absolute Gasteiger partial charge is 0.489 e. The Bertz CT molecular complexity index is 411. The van der Waals surface area contributed by atoms with Gasteiger partial charge in [-0.15, -0.1) is 0 Å². The first-order valence-electron chi connectivity index (χ1n) is 6.62. The summed E-state index contributed by atoms with van der Waals surface area (Å²) >= 11 is 5.79. The summed E-state index contributed by atoms with van der Waals surface area (Å²) in [6.45, 7) is 4.97. The zero-order valence-electron chi connectivity index (χ0n) is 11.8. The number of hydrogen-bond acceptors (Lipinski definition) is 3. The molecule has 0 radical (unpaired) electrons. The molecule has 1 atom stereocenters. The van der Waals surface area contributed by atoms with Crippen molar-refractivity contribution in [2.45, 2.75) is 20.0 Å². The van der Waals surface area contributed by atoms with Gasteiger partial charge in [-0.3, -0.25) is 0 Å². The molecule has 0 heterocycles. The van der Waals surface area contributed by atoms with Crippen LogP contribution in [0.25, 0.3) is 0 Å². The summed E-state index contributed by atoms with van der Waals surface area (Å²) in [6, 6.07) is 6.87. The number of carbonyl (C=O) groups is 1. The lowest BCUT2D eigenvalue weighted by molar-refractivity contribution is 0.170. The minimum atomic E-state index is -0.201. The van der Waals surface area contributed by atoms with E-state index in [9.17, 15) is 4.79 Å². The first kappa shape index (κ1) is 16.6. The van der Waals surface area contributed by atoms with E-state index < -0.39 is 0 Å². The molecular formula is C14H21ClN2O3. The van der Waals surface area contributed by atoms with Crippen molar-refractivity contribution >= 4 is 17.6 Å². The van der Waals surface area contributed by atoms with E-state index in [-0.39, 0.29) is 18.7 Å². The Labute approximate surface area is 124 Å². The number of urea groups is 1. The number of rotatable bonds is 7. The summed E-state index contributed by atoms with van der Waals surface area (Å²) < 4.78 is 5.65. The van der Waals surface area contributed by atoms with Crippen LogP contribution in [0.1, 0.15) is 13.8 Å². The van der Waals surface area contributed by atoms with Gasteiger partial charge in [0.05, 0.1) is 13.2 Å². The molecule has 0 saturated heterocycles. The topological polar surface area (TPSA) is 61.8 Å². The number of hydrogen-bond donors (Lipinski definition) is 2. The Balaban J connectivity index is 2.37. The van der Waals surface area contributed by atoms with Crippen LogP contribution in [0.3, 0.4) is 0 Å². The van der Waals surface area contributed by atoms with Crippen LogP contribution >= 0.6 is 11.6 Å². The quantitative estimate of drug-likeness (QED) is 0.811. The molecule has 1 aromatic carbocycles. The van der Waals surface area contributed by atoms with E-state index >= 15 is 0 Å². The Morgan fingerprint density at radius 2 is 2.10 bits per heavy atom. The first-order chi connectivity index (χ1) is 9.56. The second-order valence-corrected chi connectivity index (χ2v) is 4.81. The van der Waals surface area contributed by atoms with Crippen molar-refractivity contribution in [3.8, 4) is 5.75 Å². The van der Waals surface area contributed by atoms with Gasteiger partial charge in [0.15, 0.2) is 0 Å². The zero-order chi connectivity index (χ0) is 15.0. The van der Waals surface area contributed by atoms with Crippen molar-refractivity contribution < 1.29 is 14.6 Å². The fourth-order valence-electron chi connectivity index (χ4n) is 1.65. The molecule has 1 aromatic rings. The van der Waals surface area contributed by atoms with Gasteiger partial charge in [0.2, 0.25) is 0 Å². The second kappa shape index (κ2) is 8.66. The molecule has 0 aliphatic rings. The van der Waals surface area contributed by atoms with Gasteiger partial charge in [0, 0.05) is 18.1 Å². The molecular weight excluding hydrogens is 280 g/mol. The lowest BCUT2D eigenvalue weighted by Crippen LogP contribution is -2.44. The lowest BCUT2D eigenvalue weighted by atomic mass is 10.3. The first-order valence-corrected chi connectivity index (χ1v) is 7.00. The highest BCUT2D eigenvalue weighted by molar-refractivity contribution is 6.30. The third kappa shape index (κ3) is 5.67. The third-order valence-electron chi connectivity index (χ3n) is 2.73. The summed E-state index contributed by atoms with van der Waals surface area (Å²) in [5, 5.41) is 12.3. The molecule has 1 rings (SSSR count). The molecule has 112 valence electrons. The fraction of sp³-hybridized carbons (Fsp3) is 0.500. The molecule has 0 aliphatic heterocycles. The monoisotopic (exact) mass is 300 g/mol. The average Bonchev–Trinajstić information content (AvgIpc) is 2.44. The molecule has 2 amide bonds. The van der Waals surface area contributed by atoms with Crippen LogP contribution in [0.2, 0.25) is 5.02 Å². The van der Waals surface area contributed by atoms with Crippen molar-refractivity contribution in [3.05, 3.63) is 29.3 Å². The van der Waals surface area contributed by atoms with Crippen LogP contribution in [-0.2, 0) is 0 Å². The maximum Gasteiger partial charge on any atom is 0.317 e. The van der Waals surface area contributed by atoms with Crippen molar-refractivity contribution in [2.24, 2.45) is 0 Å². The highest BCUT2D eigenvalue weighted by Gasteiger charge is 2.12. The van der Waals surface area contributed by atoms with E-state index in [0.717, 1.165) is 0 Å². The van der Waals surface area contributed by atoms with Gasteiger partial charge >= 0.3 is 6.03 Å². The summed E-state index contributed by atoms with van der Waals surface area (Å²) in [7, 11) is 0. The predicted octanol–water partition coefficient (Wildman–Crippen LogP) is 2.13. The number of nitrogens with one attached hydrogen (secondary N) is 1. The Kier molecular flexibility index (Phi) is 7.18. The molecule has 20 heavy (non-hydrogen) atoms. The Morgan fingerprint density at radius 1 is 1.45 bits per heavy atom. The normalized spacial score (nSPS) is 11.8. The average molecular weight is 301 g/mol. The van der Waals surface area contributed by atoms with E-state index in [1.807, 2.05) is 13.8 Å². The number of likely N-dealkylation sites (N-methyl/N-ethyl adjacent to an activating group) is 1. The van der Waals surface area contributed by atoms with E-state index in [1.54, 1.807) is 24.3 Å². The lowest BCUT2D eigenvalue weighted by Gasteiger charge is -2.22. The van der Waals surface area contributed by atoms with E-state index in [0.29, 0.717) is 30.4 Å². The number of amides is 2. The van der Waals surface area contributed by atoms with Crippen molar-refractivity contribution in [1.29, 1.82) is 0 Å². The molecule has 0 aromatic heterocycles. The maximum absolute atomic E-state index is 11.8. The van der Waals surface area contributed by atoms with Crippen LogP contribution in [0, 0.1) is 0 Å². The van der Waals surface area contributed by atoms with Gasteiger partial charge in [-0.25, -0.2) is 4.79 Å². The maximum atomic E-state index is 11.8. The number of aliphatic hydroxyl groups is 1. The fourth-order valence-corrected chi connectivity index (χ4v) is 1.78. The number of aliphatic hydroxyl groups excluding tert-OH is 1. The third-order valence-corrected chi connectivity index (χ3v) is 2.98. The second-order valence-electron chi connectivity index (χ2n) is 4.37. The van der Waals surface area contributed by atoms with Crippen LogP contribution in [0.15, 0.2) is 24.3 Å². The standard InChI is InChI=1S/C14H21ClN2O3/c1-3-17(8-9-18)14(19)16-10-11(2)20-13-6-4-12(15)5-7-13/h4-7,11,18H,3,8-10H2,1-2H3,(H,16,19). The highest BCUT2D eigenvalue weighted by Crippen LogP contribution is 2.16. The summed E-state index contributed by atoms with van der Waals surface area (Å²) in [5.74, 6) is 0.707. The molecule has 0 saturated carbocycles. The van der Waals surface area contributed by atoms with Crippen LogP contribution in [-0.4, -0.2) is 48.4 Å². The van der Waals surface area contributed by atoms with Crippen molar-refractivity contribution in [2.75, 3.05) is 26.2 Å². The van der Waals surface area contributed by atoms with Gasteiger partial charge in [-0.1, -0.05) is 11.6 Å². The molecule has 0 fully saturated rings. The van der Waals surface area contributed by atoms with E-state index in [1.165, 1.54) is 4.90 Å². The zero-order valence-corrected chi connectivity index (χ0v) is 12.6. The van der Waals surface area contributed by atoms with Gasteiger partial charge < -0.3 is 20.1 Å². The SMILES string of the molecule is CCN(CCO)C(=O)NCC(C)Oc1ccc(Cl)cc1. The van der Waals surface area contributed by atoms with Crippen molar-refractivity contribution in [3.63, 3.8) is 0 Å². The van der Waals surface area contributed by atoms with Crippen LogP contribution < -0.4 is 10.1 Å². The van der Waals surface area contributed by atoms with Crippen LogP contribution in [0.4, 0.5) is 4.79 Å². The molecule has 1 unspecified atom stereocenters. The minimum absolute atomic E-state index is 0.0436. The molecule has 2 N–H and O–H groups in total. The number of benzene rings is 1. The van der Waals surface area contributed by atoms with Gasteiger partial charge in [0.25, 0.3) is 0 Å². The molecule has 6 heteroatoms. The summed E-state index contributed by atoms with van der Waals surface area (Å²) in [6.07, 6.45) is -0.159. The summed E-state index contributed by atoms with van der Waals surface area (Å²) in [4.78, 5) is 13.3. The number of nitrogens with zero attached hydrogens (tertiary/aromatic N) is 1. The van der Waals surface area contributed by atoms with Gasteiger partial charge in [0.1, 0.15) is 11.9 Å². The molecule has 5 nitrogen and oxygen atoms in total. The molecule has 0 spiro atoms. The molecule has 0 bridgehead atoms. The van der Waals surface area contributed by atoms with E-state index in [4.69, 9.17) is 21.4 Å². The number of carbonyl (C=O) groups excluding carboxylic acids is 1.